The monoisotopic (exact) mass is 331 g/mol. The second kappa shape index (κ2) is 6.04. The van der Waals surface area contributed by atoms with Gasteiger partial charge in [0.2, 0.25) is 5.91 Å². The van der Waals surface area contributed by atoms with Crippen molar-refractivity contribution < 1.29 is 9.53 Å². The van der Waals surface area contributed by atoms with Crippen molar-refractivity contribution in [3.8, 4) is 0 Å². The summed E-state index contributed by atoms with van der Waals surface area (Å²) >= 11 is 9.46. The Balaban J connectivity index is 2.00. The van der Waals surface area contributed by atoms with Crippen LogP contribution in [0.3, 0.4) is 0 Å². The van der Waals surface area contributed by atoms with Crippen molar-refractivity contribution in [2.24, 2.45) is 0 Å². The lowest BCUT2D eigenvalue weighted by molar-refractivity contribution is -0.118. The number of rotatable bonds is 3. The first-order valence-electron chi connectivity index (χ1n) is 5.93. The number of hydrogen-bond acceptors (Lipinski definition) is 2. The van der Waals surface area contributed by atoms with E-state index in [1.54, 1.807) is 6.07 Å². The third-order valence-corrected chi connectivity index (χ3v) is 4.02. The maximum atomic E-state index is 11.9. The van der Waals surface area contributed by atoms with Crippen molar-refractivity contribution in [2.45, 2.75) is 32.3 Å². The van der Waals surface area contributed by atoms with Gasteiger partial charge in [0.25, 0.3) is 0 Å². The van der Waals surface area contributed by atoms with Crippen LogP contribution in [0.15, 0.2) is 16.6 Å². The highest BCUT2D eigenvalue weighted by atomic mass is 79.9. The van der Waals surface area contributed by atoms with E-state index in [1.165, 1.54) is 0 Å². The Bertz CT molecular complexity index is 459. The predicted octanol–water partition coefficient (Wildman–Crippen LogP) is 3.92. The number of benzene rings is 1. The van der Waals surface area contributed by atoms with Crippen molar-refractivity contribution in [3.05, 3.63) is 27.2 Å². The van der Waals surface area contributed by atoms with Crippen LogP contribution >= 0.6 is 27.5 Å². The number of carbonyl (C=O) groups excluding carboxylic acids is 1. The van der Waals surface area contributed by atoms with Crippen LogP contribution in [0.4, 0.5) is 5.69 Å². The molecule has 0 spiro atoms. The van der Waals surface area contributed by atoms with Gasteiger partial charge in [-0.05, 0) is 53.4 Å². The maximum absolute atomic E-state index is 11.9. The van der Waals surface area contributed by atoms with Crippen LogP contribution in [0.5, 0.6) is 0 Å². The topological polar surface area (TPSA) is 38.3 Å². The van der Waals surface area contributed by atoms with Crippen LogP contribution in [-0.2, 0) is 9.53 Å². The van der Waals surface area contributed by atoms with Crippen LogP contribution in [0.1, 0.15) is 24.8 Å². The van der Waals surface area contributed by atoms with E-state index in [9.17, 15) is 4.79 Å². The van der Waals surface area contributed by atoms with Crippen molar-refractivity contribution in [3.63, 3.8) is 0 Å². The maximum Gasteiger partial charge on any atom is 0.227 e. The minimum Gasteiger partial charge on any atom is -0.378 e. The van der Waals surface area contributed by atoms with E-state index in [2.05, 4.69) is 21.2 Å². The molecule has 1 aromatic rings. The van der Waals surface area contributed by atoms with Gasteiger partial charge in [-0.25, -0.2) is 0 Å². The van der Waals surface area contributed by atoms with Gasteiger partial charge in [-0.3, -0.25) is 4.79 Å². The van der Waals surface area contributed by atoms with Gasteiger partial charge in [0.15, 0.2) is 0 Å². The van der Waals surface area contributed by atoms with Gasteiger partial charge in [0, 0.05) is 16.1 Å². The first-order valence-corrected chi connectivity index (χ1v) is 7.10. The fourth-order valence-corrected chi connectivity index (χ4v) is 2.68. The Morgan fingerprint density at radius 2 is 2.39 bits per heavy atom. The highest BCUT2D eigenvalue weighted by Crippen LogP contribution is 2.29. The fourth-order valence-electron chi connectivity index (χ4n) is 1.96. The Morgan fingerprint density at radius 3 is 3.06 bits per heavy atom. The van der Waals surface area contributed by atoms with Gasteiger partial charge in [0.1, 0.15) is 0 Å². The molecule has 1 aromatic carbocycles. The summed E-state index contributed by atoms with van der Waals surface area (Å²) in [5, 5.41) is 3.50. The molecule has 0 radical (unpaired) electrons. The number of nitrogens with one attached hydrogen (secondary N) is 1. The second-order valence-corrected chi connectivity index (χ2v) is 5.73. The zero-order valence-corrected chi connectivity index (χ0v) is 12.5. The van der Waals surface area contributed by atoms with E-state index in [1.807, 2.05) is 13.0 Å². The van der Waals surface area contributed by atoms with E-state index < -0.39 is 0 Å². The molecule has 1 heterocycles. The van der Waals surface area contributed by atoms with E-state index in [0.717, 1.165) is 29.5 Å². The number of carbonyl (C=O) groups is 1. The normalized spacial score (nSPS) is 18.9. The van der Waals surface area contributed by atoms with Gasteiger partial charge in [0.05, 0.1) is 18.2 Å². The number of ether oxygens (including phenoxy) is 1. The SMILES string of the molecule is Cc1cc(Br)c(NC(=O)CC2CCCO2)cc1Cl. The smallest absolute Gasteiger partial charge is 0.227 e. The second-order valence-electron chi connectivity index (χ2n) is 4.47. The molecule has 0 bridgehead atoms. The molecule has 18 heavy (non-hydrogen) atoms. The largest absolute Gasteiger partial charge is 0.378 e. The molecule has 1 fully saturated rings. The lowest BCUT2D eigenvalue weighted by atomic mass is 10.1. The third kappa shape index (κ3) is 3.46. The number of anilines is 1. The summed E-state index contributed by atoms with van der Waals surface area (Å²) in [4.78, 5) is 11.9. The Hall–Kier alpha value is -0.580. The zero-order valence-electron chi connectivity index (χ0n) is 10.1. The molecule has 3 nitrogen and oxygen atoms in total. The number of aryl methyl sites for hydroxylation is 1. The lowest BCUT2D eigenvalue weighted by Crippen LogP contribution is -2.19. The number of halogens is 2. The molecule has 5 heteroatoms. The number of hydrogen-bond donors (Lipinski definition) is 1. The van der Waals surface area contributed by atoms with E-state index in [4.69, 9.17) is 16.3 Å². The molecular weight excluding hydrogens is 318 g/mol. The molecule has 1 N–H and O–H groups in total. The van der Waals surface area contributed by atoms with Crippen LogP contribution in [0, 0.1) is 6.92 Å². The zero-order chi connectivity index (χ0) is 13.1. The van der Waals surface area contributed by atoms with Gasteiger partial charge in [-0.1, -0.05) is 11.6 Å². The summed E-state index contributed by atoms with van der Waals surface area (Å²) in [6.45, 7) is 2.68. The predicted molar refractivity (Wildman–Crippen MR) is 76.1 cm³/mol. The van der Waals surface area contributed by atoms with Crippen LogP contribution in [0.2, 0.25) is 5.02 Å². The molecule has 1 aliphatic heterocycles. The first kappa shape index (κ1) is 13.8. The van der Waals surface area contributed by atoms with Gasteiger partial charge in [-0.2, -0.15) is 0 Å². The molecule has 0 aliphatic carbocycles. The van der Waals surface area contributed by atoms with E-state index in [0.29, 0.717) is 17.1 Å². The highest BCUT2D eigenvalue weighted by Gasteiger charge is 2.19. The van der Waals surface area contributed by atoms with Crippen molar-refractivity contribution in [1.82, 2.24) is 0 Å². The average molecular weight is 333 g/mol. The molecule has 98 valence electrons. The minimum absolute atomic E-state index is 0.0393. The summed E-state index contributed by atoms with van der Waals surface area (Å²) < 4.78 is 6.27. The summed E-state index contributed by atoms with van der Waals surface area (Å²) in [6.07, 6.45) is 2.46. The summed E-state index contributed by atoms with van der Waals surface area (Å²) in [5.74, 6) is -0.0393. The molecule has 1 aliphatic rings. The Labute approximate surface area is 120 Å². The van der Waals surface area contributed by atoms with Crippen molar-refractivity contribution in [2.75, 3.05) is 11.9 Å². The summed E-state index contributed by atoms with van der Waals surface area (Å²) in [6, 6.07) is 3.65. The quantitative estimate of drug-likeness (QED) is 0.911. The number of amides is 1. The Kier molecular flexibility index (Phi) is 4.65. The van der Waals surface area contributed by atoms with E-state index in [-0.39, 0.29) is 12.0 Å². The lowest BCUT2D eigenvalue weighted by Gasteiger charge is -2.12. The molecule has 2 rings (SSSR count). The molecule has 0 aromatic heterocycles. The standard InChI is InChI=1S/C13H15BrClNO2/c1-8-5-10(14)12(7-11(8)15)16-13(17)6-9-3-2-4-18-9/h5,7,9H,2-4,6H2,1H3,(H,16,17). The summed E-state index contributed by atoms with van der Waals surface area (Å²) in [5.41, 5.74) is 1.68. The fraction of sp³-hybridized carbons (Fsp3) is 0.462. The van der Waals surface area contributed by atoms with Gasteiger partial charge >= 0.3 is 0 Å². The van der Waals surface area contributed by atoms with Crippen LogP contribution < -0.4 is 5.32 Å². The van der Waals surface area contributed by atoms with Gasteiger partial charge < -0.3 is 10.1 Å². The average Bonchev–Trinajstić information content (AvgIpc) is 2.78. The summed E-state index contributed by atoms with van der Waals surface area (Å²) in [7, 11) is 0. The van der Waals surface area contributed by atoms with Crippen LogP contribution in [0.25, 0.3) is 0 Å². The molecule has 1 atom stereocenters. The van der Waals surface area contributed by atoms with Crippen molar-refractivity contribution in [1.29, 1.82) is 0 Å². The van der Waals surface area contributed by atoms with Gasteiger partial charge in [-0.15, -0.1) is 0 Å². The third-order valence-electron chi connectivity index (χ3n) is 2.96. The molecule has 1 amide bonds. The highest BCUT2D eigenvalue weighted by molar-refractivity contribution is 9.10. The first-order chi connectivity index (χ1) is 8.56. The minimum atomic E-state index is -0.0393. The molecule has 1 saturated heterocycles. The van der Waals surface area contributed by atoms with Crippen LogP contribution in [-0.4, -0.2) is 18.6 Å². The Morgan fingerprint density at radius 1 is 1.61 bits per heavy atom. The van der Waals surface area contributed by atoms with Crippen molar-refractivity contribution >= 4 is 39.1 Å². The molecule has 1 unspecified atom stereocenters. The molecule has 0 saturated carbocycles. The van der Waals surface area contributed by atoms with E-state index >= 15 is 0 Å². The molecular formula is C13H15BrClNO2.